The second kappa shape index (κ2) is 9.66. The molecular formula is C22H24N2O5. The Kier molecular flexibility index (Phi) is 7.27. The van der Waals surface area contributed by atoms with Gasteiger partial charge in [0.15, 0.2) is 0 Å². The maximum atomic E-state index is 12.2. The number of amides is 1. The van der Waals surface area contributed by atoms with Crippen molar-refractivity contribution in [2.45, 2.75) is 31.3 Å². The Labute approximate surface area is 168 Å². The lowest BCUT2D eigenvalue weighted by atomic mass is 9.86. The minimum Gasteiger partial charge on any atom is -0.478 e. The van der Waals surface area contributed by atoms with E-state index in [1.165, 1.54) is 11.1 Å². The molecule has 0 unspecified atom stereocenters. The van der Waals surface area contributed by atoms with Crippen LogP contribution < -0.4 is 11.1 Å². The minimum absolute atomic E-state index is 0.105. The Morgan fingerprint density at radius 3 is 1.79 bits per heavy atom. The molecule has 0 spiro atoms. The van der Waals surface area contributed by atoms with E-state index < -0.39 is 18.0 Å². The van der Waals surface area contributed by atoms with Crippen molar-refractivity contribution in [1.29, 1.82) is 0 Å². The summed E-state index contributed by atoms with van der Waals surface area (Å²) < 4.78 is 0. The second-order valence-corrected chi connectivity index (χ2v) is 6.86. The highest BCUT2D eigenvalue weighted by molar-refractivity contribution is 5.89. The summed E-state index contributed by atoms with van der Waals surface area (Å²) in [5.74, 6) is -2.62. The number of carboxylic acid groups (broad SMARTS) is 2. The molecule has 5 N–H and O–H groups in total. The first-order valence-corrected chi connectivity index (χ1v) is 9.07. The first kappa shape index (κ1) is 21.8. The Morgan fingerprint density at radius 1 is 0.931 bits per heavy atom. The predicted molar refractivity (Wildman–Crippen MR) is 108 cm³/mol. The van der Waals surface area contributed by atoms with Crippen molar-refractivity contribution in [1.82, 2.24) is 5.32 Å². The second-order valence-electron chi connectivity index (χ2n) is 6.86. The minimum atomic E-state index is -1.26. The van der Waals surface area contributed by atoms with Gasteiger partial charge < -0.3 is 21.3 Å². The van der Waals surface area contributed by atoms with E-state index in [1.807, 2.05) is 30.3 Å². The van der Waals surface area contributed by atoms with Crippen LogP contribution >= 0.6 is 0 Å². The van der Waals surface area contributed by atoms with Gasteiger partial charge >= 0.3 is 11.9 Å². The lowest BCUT2D eigenvalue weighted by Crippen LogP contribution is -2.51. The summed E-state index contributed by atoms with van der Waals surface area (Å²) in [7, 11) is 0. The van der Waals surface area contributed by atoms with Crippen LogP contribution in [0.2, 0.25) is 0 Å². The molecule has 0 radical (unpaired) electrons. The number of rotatable bonds is 5. The fourth-order valence-electron chi connectivity index (χ4n) is 3.23. The molecule has 0 saturated heterocycles. The van der Waals surface area contributed by atoms with Gasteiger partial charge in [-0.15, -0.1) is 0 Å². The molecule has 152 valence electrons. The van der Waals surface area contributed by atoms with Crippen molar-refractivity contribution in [3.05, 3.63) is 83.4 Å². The molecule has 0 fully saturated rings. The van der Waals surface area contributed by atoms with E-state index in [0.29, 0.717) is 12.2 Å². The summed E-state index contributed by atoms with van der Waals surface area (Å²) >= 11 is 0. The van der Waals surface area contributed by atoms with Crippen molar-refractivity contribution in [2.75, 3.05) is 0 Å². The SMILES string of the molecule is C[C@H](N)C(=O)NC1(c2ccccc2)Cc2ccccc2C1.O=C(O)/C=C\C(=O)O. The van der Waals surface area contributed by atoms with Crippen LogP contribution in [0.15, 0.2) is 66.7 Å². The Bertz CT molecular complexity index is 865. The van der Waals surface area contributed by atoms with E-state index in [1.54, 1.807) is 6.92 Å². The molecule has 0 aliphatic heterocycles. The van der Waals surface area contributed by atoms with Gasteiger partial charge in [-0.25, -0.2) is 9.59 Å². The highest BCUT2D eigenvalue weighted by Crippen LogP contribution is 2.37. The van der Waals surface area contributed by atoms with Crippen molar-refractivity contribution in [2.24, 2.45) is 5.73 Å². The third kappa shape index (κ3) is 6.02. The first-order valence-electron chi connectivity index (χ1n) is 9.07. The number of hydrogen-bond donors (Lipinski definition) is 4. The third-order valence-corrected chi connectivity index (χ3v) is 4.57. The van der Waals surface area contributed by atoms with Gasteiger partial charge in [0.05, 0.1) is 11.6 Å². The van der Waals surface area contributed by atoms with E-state index in [-0.39, 0.29) is 11.4 Å². The van der Waals surface area contributed by atoms with Crippen LogP contribution in [0.3, 0.4) is 0 Å². The average molecular weight is 396 g/mol. The first-order chi connectivity index (χ1) is 13.7. The van der Waals surface area contributed by atoms with Gasteiger partial charge in [-0.05, 0) is 23.6 Å². The molecule has 7 heteroatoms. The molecule has 2 aromatic carbocycles. The lowest BCUT2D eigenvalue weighted by molar-refractivity contribution is -0.134. The summed E-state index contributed by atoms with van der Waals surface area (Å²) in [4.78, 5) is 31.3. The fraction of sp³-hybridized carbons (Fsp3) is 0.227. The van der Waals surface area contributed by atoms with E-state index >= 15 is 0 Å². The molecule has 3 rings (SSSR count). The molecule has 29 heavy (non-hydrogen) atoms. The number of hydrogen-bond acceptors (Lipinski definition) is 4. The maximum absolute atomic E-state index is 12.2. The summed E-state index contributed by atoms with van der Waals surface area (Å²) in [6.45, 7) is 1.72. The molecule has 2 aromatic rings. The van der Waals surface area contributed by atoms with Crippen LogP contribution in [-0.2, 0) is 32.8 Å². The van der Waals surface area contributed by atoms with E-state index in [2.05, 4.69) is 29.6 Å². The topological polar surface area (TPSA) is 130 Å². The number of aliphatic carboxylic acids is 2. The molecule has 1 atom stereocenters. The highest BCUT2D eigenvalue weighted by atomic mass is 16.4. The zero-order valence-corrected chi connectivity index (χ0v) is 16.0. The standard InChI is InChI=1S/C18H20N2O.C4H4O4/c1-13(19)17(21)20-18(16-9-3-2-4-10-16)11-14-7-5-6-8-15(14)12-18;5-3(6)1-2-4(7)8/h2-10,13H,11-12,19H2,1H3,(H,20,21);1-2H,(H,5,6)(H,7,8)/b;2-1-/t13-;/m0./s1. The summed E-state index contributed by atoms with van der Waals surface area (Å²) in [6.07, 6.45) is 2.74. The Hall–Kier alpha value is -3.45. The number of carbonyl (C=O) groups is 3. The van der Waals surface area contributed by atoms with Gasteiger partial charge in [0.1, 0.15) is 0 Å². The lowest BCUT2D eigenvalue weighted by Gasteiger charge is -2.32. The fourth-order valence-corrected chi connectivity index (χ4v) is 3.23. The van der Waals surface area contributed by atoms with Gasteiger partial charge in [0.2, 0.25) is 5.91 Å². The number of nitrogens with one attached hydrogen (secondary N) is 1. The van der Waals surface area contributed by atoms with Gasteiger partial charge in [0, 0.05) is 25.0 Å². The highest BCUT2D eigenvalue weighted by Gasteiger charge is 2.40. The van der Waals surface area contributed by atoms with E-state index in [4.69, 9.17) is 15.9 Å². The zero-order valence-electron chi connectivity index (χ0n) is 16.0. The third-order valence-electron chi connectivity index (χ3n) is 4.57. The molecular weight excluding hydrogens is 372 g/mol. The molecule has 1 amide bonds. The van der Waals surface area contributed by atoms with E-state index in [9.17, 15) is 14.4 Å². The van der Waals surface area contributed by atoms with Gasteiger partial charge in [-0.3, -0.25) is 4.79 Å². The normalized spacial score (nSPS) is 15.0. The van der Waals surface area contributed by atoms with Gasteiger partial charge in [-0.2, -0.15) is 0 Å². The number of nitrogens with two attached hydrogens (primary N) is 1. The quantitative estimate of drug-likeness (QED) is 0.571. The van der Waals surface area contributed by atoms with Crippen LogP contribution in [0, 0.1) is 0 Å². The summed E-state index contributed by atoms with van der Waals surface area (Å²) in [6, 6.07) is 18.0. The van der Waals surface area contributed by atoms with Crippen LogP contribution in [0.5, 0.6) is 0 Å². The number of fused-ring (bicyclic) bond motifs is 1. The zero-order chi connectivity index (χ0) is 21.4. The van der Waals surface area contributed by atoms with E-state index in [0.717, 1.165) is 18.4 Å². The van der Waals surface area contributed by atoms with Crippen LogP contribution in [0.1, 0.15) is 23.6 Å². The Balaban J connectivity index is 0.000000321. The largest absolute Gasteiger partial charge is 0.478 e. The van der Waals surface area contributed by atoms with Crippen LogP contribution in [-0.4, -0.2) is 34.1 Å². The average Bonchev–Trinajstić information content (AvgIpc) is 3.06. The summed E-state index contributed by atoms with van der Waals surface area (Å²) in [5.41, 5.74) is 9.09. The molecule has 1 aliphatic rings. The molecule has 7 nitrogen and oxygen atoms in total. The van der Waals surface area contributed by atoms with Gasteiger partial charge in [0.25, 0.3) is 0 Å². The van der Waals surface area contributed by atoms with Crippen molar-refractivity contribution in [3.63, 3.8) is 0 Å². The molecule has 0 heterocycles. The molecule has 0 saturated carbocycles. The number of benzene rings is 2. The van der Waals surface area contributed by atoms with Gasteiger partial charge in [-0.1, -0.05) is 54.6 Å². The predicted octanol–water partition coefficient (Wildman–Crippen LogP) is 1.86. The molecule has 0 bridgehead atoms. The molecule has 1 aliphatic carbocycles. The van der Waals surface area contributed by atoms with Crippen molar-refractivity contribution < 1.29 is 24.6 Å². The van der Waals surface area contributed by atoms with Crippen molar-refractivity contribution >= 4 is 17.8 Å². The number of carboxylic acids is 2. The smallest absolute Gasteiger partial charge is 0.328 e. The summed E-state index contributed by atoms with van der Waals surface area (Å²) in [5, 5.41) is 18.8. The van der Waals surface area contributed by atoms with Crippen LogP contribution in [0.4, 0.5) is 0 Å². The Morgan fingerprint density at radius 2 is 1.38 bits per heavy atom. The molecule has 0 aromatic heterocycles. The monoisotopic (exact) mass is 396 g/mol. The van der Waals surface area contributed by atoms with Crippen molar-refractivity contribution in [3.8, 4) is 0 Å². The number of carbonyl (C=O) groups excluding carboxylic acids is 1. The maximum Gasteiger partial charge on any atom is 0.328 e. The van der Waals surface area contributed by atoms with Crippen LogP contribution in [0.25, 0.3) is 0 Å².